The van der Waals surface area contributed by atoms with Gasteiger partial charge in [0.15, 0.2) is 0 Å². The Kier molecular flexibility index (Phi) is 6.73. The molecule has 3 rings (SSSR count). The summed E-state index contributed by atoms with van der Waals surface area (Å²) in [4.78, 5) is 24.1. The fourth-order valence-corrected chi connectivity index (χ4v) is 3.67. The first-order chi connectivity index (χ1) is 13.3. The van der Waals surface area contributed by atoms with Crippen LogP contribution < -0.4 is 4.90 Å². The smallest absolute Gasteiger partial charge is 0.237 e. The summed E-state index contributed by atoms with van der Waals surface area (Å²) in [6.45, 7) is 10.9. The van der Waals surface area contributed by atoms with E-state index in [1.54, 1.807) is 0 Å². The van der Waals surface area contributed by atoms with Crippen LogP contribution in [0.3, 0.4) is 0 Å². The minimum Gasteiger partial charge on any atom is -0.354 e. The molecule has 0 unspecified atom stereocenters. The summed E-state index contributed by atoms with van der Waals surface area (Å²) >= 11 is 3.43. The van der Waals surface area contributed by atoms with E-state index in [9.17, 15) is 4.79 Å². The van der Waals surface area contributed by atoms with Crippen LogP contribution in [-0.2, 0) is 11.3 Å². The van der Waals surface area contributed by atoms with Gasteiger partial charge in [-0.3, -0.25) is 9.69 Å². The molecular weight excluding hydrogens is 416 g/mol. The summed E-state index contributed by atoms with van der Waals surface area (Å²) < 4.78 is 0.987. The van der Waals surface area contributed by atoms with Crippen LogP contribution >= 0.6 is 15.9 Å². The molecule has 0 N–H and O–H groups in total. The Labute approximate surface area is 176 Å². The van der Waals surface area contributed by atoms with E-state index in [4.69, 9.17) is 0 Å². The zero-order valence-electron chi connectivity index (χ0n) is 16.9. The summed E-state index contributed by atoms with van der Waals surface area (Å²) in [5.41, 5.74) is 0.952. The molecular formula is C22H29BrN4O. The third kappa shape index (κ3) is 5.55. The second-order valence-corrected chi connectivity index (χ2v) is 9.15. The first kappa shape index (κ1) is 20.8. The van der Waals surface area contributed by atoms with E-state index in [2.05, 4.69) is 63.6 Å². The van der Waals surface area contributed by atoms with Crippen LogP contribution in [0, 0.1) is 0 Å². The van der Waals surface area contributed by atoms with Crippen molar-refractivity contribution in [3.8, 4) is 0 Å². The van der Waals surface area contributed by atoms with Gasteiger partial charge in [-0.15, -0.1) is 0 Å². The van der Waals surface area contributed by atoms with E-state index in [1.807, 2.05) is 41.4 Å². The first-order valence-electron chi connectivity index (χ1n) is 9.76. The highest BCUT2D eigenvalue weighted by atomic mass is 79.9. The number of pyridine rings is 1. The lowest BCUT2D eigenvalue weighted by molar-refractivity contribution is -0.138. The van der Waals surface area contributed by atoms with Crippen molar-refractivity contribution in [1.82, 2.24) is 14.8 Å². The van der Waals surface area contributed by atoms with Gasteiger partial charge in [0.1, 0.15) is 5.82 Å². The Morgan fingerprint density at radius 3 is 2.32 bits per heavy atom. The van der Waals surface area contributed by atoms with Crippen molar-refractivity contribution in [1.29, 1.82) is 0 Å². The number of amides is 1. The van der Waals surface area contributed by atoms with Gasteiger partial charge in [-0.2, -0.15) is 0 Å². The van der Waals surface area contributed by atoms with Gasteiger partial charge in [0.2, 0.25) is 5.91 Å². The molecule has 0 saturated carbocycles. The number of hydrogen-bond acceptors (Lipinski definition) is 4. The van der Waals surface area contributed by atoms with Crippen LogP contribution in [0.5, 0.6) is 0 Å². The third-order valence-electron chi connectivity index (χ3n) is 5.06. The highest BCUT2D eigenvalue weighted by molar-refractivity contribution is 9.10. The van der Waals surface area contributed by atoms with Crippen molar-refractivity contribution in [2.24, 2.45) is 0 Å². The fraction of sp³-hybridized carbons (Fsp3) is 0.455. The van der Waals surface area contributed by atoms with Crippen LogP contribution in [0.25, 0.3) is 0 Å². The molecule has 1 aliphatic heterocycles. The van der Waals surface area contributed by atoms with Crippen molar-refractivity contribution in [3.63, 3.8) is 0 Å². The molecule has 1 fully saturated rings. The van der Waals surface area contributed by atoms with Crippen LogP contribution in [0.15, 0.2) is 53.1 Å². The minimum atomic E-state index is -0.212. The van der Waals surface area contributed by atoms with Crippen molar-refractivity contribution in [3.05, 3.63) is 58.7 Å². The Morgan fingerprint density at radius 2 is 1.75 bits per heavy atom. The average Bonchev–Trinajstić information content (AvgIpc) is 2.67. The molecule has 6 heteroatoms. The zero-order valence-corrected chi connectivity index (χ0v) is 18.5. The first-order valence-corrected chi connectivity index (χ1v) is 10.6. The molecule has 0 bridgehead atoms. The van der Waals surface area contributed by atoms with Crippen LogP contribution in [-0.4, -0.2) is 59.0 Å². The Hall–Kier alpha value is -1.92. The average molecular weight is 445 g/mol. The molecule has 0 aliphatic carbocycles. The molecule has 2 aromatic rings. The van der Waals surface area contributed by atoms with Gasteiger partial charge in [0.05, 0.1) is 6.54 Å². The van der Waals surface area contributed by atoms with E-state index < -0.39 is 0 Å². The quantitative estimate of drug-likeness (QED) is 0.702. The maximum absolute atomic E-state index is 13.1. The normalized spacial score (nSPS) is 15.5. The Balaban J connectivity index is 1.57. The Bertz CT molecular complexity index is 765. The van der Waals surface area contributed by atoms with E-state index in [0.717, 1.165) is 42.0 Å². The molecule has 0 radical (unpaired) electrons. The van der Waals surface area contributed by atoms with E-state index in [1.165, 1.54) is 0 Å². The summed E-state index contributed by atoms with van der Waals surface area (Å²) in [5.74, 6) is 1.18. The fourth-order valence-electron chi connectivity index (χ4n) is 3.43. The van der Waals surface area contributed by atoms with Crippen molar-refractivity contribution in [2.45, 2.75) is 32.9 Å². The summed E-state index contributed by atoms with van der Waals surface area (Å²) in [5, 5.41) is 0. The molecule has 0 atom stereocenters. The number of anilines is 1. The summed E-state index contributed by atoms with van der Waals surface area (Å²) in [6, 6.07) is 14.3. The molecule has 150 valence electrons. The third-order valence-corrected chi connectivity index (χ3v) is 5.53. The van der Waals surface area contributed by atoms with Crippen molar-refractivity contribution in [2.75, 3.05) is 37.6 Å². The summed E-state index contributed by atoms with van der Waals surface area (Å²) in [7, 11) is 0. The topological polar surface area (TPSA) is 39.7 Å². The lowest BCUT2D eigenvalue weighted by Gasteiger charge is -2.39. The number of hydrogen-bond donors (Lipinski definition) is 0. The number of benzene rings is 1. The van der Waals surface area contributed by atoms with Gasteiger partial charge in [-0.05, 0) is 54.4 Å². The lowest BCUT2D eigenvalue weighted by Crippen LogP contribution is -2.53. The number of carbonyl (C=O) groups is 1. The van der Waals surface area contributed by atoms with Gasteiger partial charge >= 0.3 is 0 Å². The van der Waals surface area contributed by atoms with Crippen LogP contribution in [0.2, 0.25) is 0 Å². The predicted octanol–water partition coefficient (Wildman–Crippen LogP) is 3.79. The standard InChI is InChI=1S/C22H29BrN4O/c1-22(2,3)27(16-18-7-5-4-6-8-18)21(28)17-25-11-13-26(14-12-25)20-10-9-19(23)15-24-20/h4-10,15H,11-14,16-17H2,1-3H3. The highest BCUT2D eigenvalue weighted by Crippen LogP contribution is 2.20. The van der Waals surface area contributed by atoms with E-state index in [-0.39, 0.29) is 11.4 Å². The monoisotopic (exact) mass is 444 g/mol. The molecule has 1 aromatic carbocycles. The number of rotatable bonds is 5. The van der Waals surface area contributed by atoms with Gasteiger partial charge < -0.3 is 9.80 Å². The number of piperazine rings is 1. The number of nitrogens with zero attached hydrogens (tertiary/aromatic N) is 4. The number of aromatic nitrogens is 1. The number of halogens is 1. The second kappa shape index (κ2) is 9.05. The minimum absolute atomic E-state index is 0.187. The van der Waals surface area contributed by atoms with Crippen molar-refractivity contribution < 1.29 is 4.79 Å². The van der Waals surface area contributed by atoms with Gasteiger partial charge in [-0.25, -0.2) is 4.98 Å². The van der Waals surface area contributed by atoms with Crippen LogP contribution in [0.4, 0.5) is 5.82 Å². The van der Waals surface area contributed by atoms with Gasteiger partial charge in [0.25, 0.3) is 0 Å². The predicted molar refractivity (Wildman–Crippen MR) is 117 cm³/mol. The molecule has 1 aromatic heterocycles. The molecule has 2 heterocycles. The molecule has 28 heavy (non-hydrogen) atoms. The molecule has 5 nitrogen and oxygen atoms in total. The van der Waals surface area contributed by atoms with Gasteiger partial charge in [0, 0.05) is 48.9 Å². The lowest BCUT2D eigenvalue weighted by atomic mass is 10.0. The zero-order chi connectivity index (χ0) is 20.1. The van der Waals surface area contributed by atoms with Crippen LogP contribution in [0.1, 0.15) is 26.3 Å². The highest BCUT2D eigenvalue weighted by Gasteiger charge is 2.29. The molecule has 1 saturated heterocycles. The largest absolute Gasteiger partial charge is 0.354 e. The molecule has 1 aliphatic rings. The molecule has 1 amide bonds. The van der Waals surface area contributed by atoms with E-state index >= 15 is 0 Å². The second-order valence-electron chi connectivity index (χ2n) is 8.23. The molecule has 0 spiro atoms. The Morgan fingerprint density at radius 1 is 1.07 bits per heavy atom. The maximum Gasteiger partial charge on any atom is 0.237 e. The van der Waals surface area contributed by atoms with Crippen molar-refractivity contribution >= 4 is 27.7 Å². The van der Waals surface area contributed by atoms with Gasteiger partial charge in [-0.1, -0.05) is 30.3 Å². The SMILES string of the molecule is CC(C)(C)N(Cc1ccccc1)C(=O)CN1CCN(c2ccc(Br)cn2)CC1. The number of carbonyl (C=O) groups excluding carboxylic acids is 1. The summed E-state index contributed by atoms with van der Waals surface area (Å²) in [6.07, 6.45) is 1.83. The maximum atomic E-state index is 13.1. The van der Waals surface area contributed by atoms with E-state index in [0.29, 0.717) is 13.1 Å².